The fourth-order valence-electron chi connectivity index (χ4n) is 2.59. The van der Waals surface area contributed by atoms with Crippen molar-refractivity contribution in [1.82, 2.24) is 9.78 Å². The molecule has 0 saturated carbocycles. The molecule has 2 aromatic rings. The van der Waals surface area contributed by atoms with Crippen LogP contribution in [0.25, 0.3) is 0 Å². The normalized spacial score (nSPS) is 15.9. The quantitative estimate of drug-likeness (QED) is 0.817. The fraction of sp³-hybridized carbons (Fsp3) is 0.333. The number of rotatable bonds is 5. The van der Waals surface area contributed by atoms with Gasteiger partial charge in [-0.3, -0.25) is 9.40 Å². The molecule has 8 nitrogen and oxygen atoms in total. The largest absolute Gasteiger partial charge is 0.478 e. The molecule has 0 bridgehead atoms. The summed E-state index contributed by atoms with van der Waals surface area (Å²) in [7, 11) is -3.98. The van der Waals surface area contributed by atoms with Gasteiger partial charge in [0, 0.05) is 25.5 Å². The predicted octanol–water partition coefficient (Wildman–Crippen LogP) is 2.39. The molecule has 10 heteroatoms. The van der Waals surface area contributed by atoms with Crippen LogP contribution in [0.5, 0.6) is 0 Å². The molecular formula is C15H16ClN3O5S. The van der Waals surface area contributed by atoms with Crippen LogP contribution >= 0.6 is 11.6 Å². The summed E-state index contributed by atoms with van der Waals surface area (Å²) in [4.78, 5) is 10.7. The number of nitrogens with one attached hydrogen (secondary N) is 1. The van der Waals surface area contributed by atoms with E-state index in [0.29, 0.717) is 13.2 Å². The van der Waals surface area contributed by atoms with E-state index < -0.39 is 16.0 Å². The molecule has 0 radical (unpaired) electrons. The van der Waals surface area contributed by atoms with Gasteiger partial charge < -0.3 is 9.84 Å². The Morgan fingerprint density at radius 1 is 1.32 bits per heavy atom. The average molecular weight is 386 g/mol. The third kappa shape index (κ3) is 3.94. The lowest BCUT2D eigenvalue weighted by atomic mass is 10.1. The summed E-state index contributed by atoms with van der Waals surface area (Å²) in [6.45, 7) is 1.30. The van der Waals surface area contributed by atoms with Gasteiger partial charge in [0.2, 0.25) is 0 Å². The third-order valence-electron chi connectivity index (χ3n) is 3.88. The minimum atomic E-state index is -3.98. The van der Waals surface area contributed by atoms with Gasteiger partial charge in [-0.2, -0.15) is 5.10 Å². The van der Waals surface area contributed by atoms with Gasteiger partial charge in [0.25, 0.3) is 10.0 Å². The van der Waals surface area contributed by atoms with Crippen molar-refractivity contribution >= 4 is 33.4 Å². The lowest BCUT2D eigenvalue weighted by molar-refractivity contribution is 0.0663. The van der Waals surface area contributed by atoms with Crippen LogP contribution < -0.4 is 4.72 Å². The number of aromatic carboxylic acids is 1. The first-order valence-electron chi connectivity index (χ1n) is 7.55. The van der Waals surface area contributed by atoms with E-state index in [9.17, 15) is 13.2 Å². The molecule has 1 aromatic carbocycles. The minimum absolute atomic E-state index is 0.0901. The molecular weight excluding hydrogens is 370 g/mol. The van der Waals surface area contributed by atoms with Gasteiger partial charge in [0.15, 0.2) is 5.82 Å². The summed E-state index contributed by atoms with van der Waals surface area (Å²) in [5, 5.41) is 13.0. The second-order valence-electron chi connectivity index (χ2n) is 5.58. The smallest absolute Gasteiger partial charge is 0.335 e. The van der Waals surface area contributed by atoms with Crippen LogP contribution in [0.1, 0.15) is 29.2 Å². The van der Waals surface area contributed by atoms with E-state index in [4.69, 9.17) is 21.4 Å². The molecule has 2 N–H and O–H groups in total. The molecule has 0 spiro atoms. The Labute approximate surface area is 149 Å². The standard InChI is InChI=1S/C15H16ClN3O5S/c16-12-9-10(15(20)21)1-2-13(12)25(22,23)18-14-3-6-19(17-14)11-4-7-24-8-5-11/h1-3,6,9,11H,4-5,7-8H2,(H,17,18)(H,20,21). The second kappa shape index (κ2) is 7.03. The summed E-state index contributed by atoms with van der Waals surface area (Å²) in [6.07, 6.45) is 3.34. The number of nitrogens with zero attached hydrogens (tertiary/aromatic N) is 2. The fourth-order valence-corrected chi connectivity index (χ4v) is 4.13. The van der Waals surface area contributed by atoms with Gasteiger partial charge in [-0.1, -0.05) is 11.6 Å². The summed E-state index contributed by atoms with van der Waals surface area (Å²) in [5.41, 5.74) is -0.0901. The Kier molecular flexibility index (Phi) is 4.98. The number of benzene rings is 1. The zero-order valence-corrected chi connectivity index (χ0v) is 14.6. The highest BCUT2D eigenvalue weighted by Crippen LogP contribution is 2.26. The number of hydrogen-bond donors (Lipinski definition) is 2. The van der Waals surface area contributed by atoms with Crippen molar-refractivity contribution in [3.05, 3.63) is 41.0 Å². The highest BCUT2D eigenvalue weighted by molar-refractivity contribution is 7.92. The van der Waals surface area contributed by atoms with Crippen LogP contribution in [0.15, 0.2) is 35.4 Å². The maximum atomic E-state index is 12.5. The van der Waals surface area contributed by atoms with Crippen molar-refractivity contribution in [3.63, 3.8) is 0 Å². The van der Waals surface area contributed by atoms with E-state index in [-0.39, 0.29) is 27.3 Å². The van der Waals surface area contributed by atoms with Gasteiger partial charge >= 0.3 is 5.97 Å². The van der Waals surface area contributed by atoms with Crippen molar-refractivity contribution in [2.75, 3.05) is 17.9 Å². The highest BCUT2D eigenvalue weighted by Gasteiger charge is 2.22. The Balaban J connectivity index is 1.80. The summed E-state index contributed by atoms with van der Waals surface area (Å²) >= 11 is 5.93. The van der Waals surface area contributed by atoms with Gasteiger partial charge in [-0.25, -0.2) is 13.2 Å². The number of anilines is 1. The monoisotopic (exact) mass is 385 g/mol. The van der Waals surface area contributed by atoms with E-state index in [1.54, 1.807) is 16.9 Å². The Bertz CT molecular complexity index is 890. The number of aromatic nitrogens is 2. The Hall–Kier alpha value is -2.10. The Morgan fingerprint density at radius 2 is 2.04 bits per heavy atom. The Morgan fingerprint density at radius 3 is 2.68 bits per heavy atom. The topological polar surface area (TPSA) is 111 Å². The van der Waals surface area contributed by atoms with Crippen molar-refractivity contribution in [2.24, 2.45) is 0 Å². The van der Waals surface area contributed by atoms with E-state index in [0.717, 1.165) is 25.0 Å². The van der Waals surface area contributed by atoms with Crippen LogP contribution in [-0.2, 0) is 14.8 Å². The van der Waals surface area contributed by atoms with Crippen molar-refractivity contribution < 1.29 is 23.1 Å². The van der Waals surface area contributed by atoms with Crippen molar-refractivity contribution in [3.8, 4) is 0 Å². The van der Waals surface area contributed by atoms with E-state index in [2.05, 4.69) is 9.82 Å². The molecule has 0 atom stereocenters. The second-order valence-corrected chi connectivity index (χ2v) is 7.64. The average Bonchev–Trinajstić information content (AvgIpc) is 3.03. The van der Waals surface area contributed by atoms with E-state index >= 15 is 0 Å². The maximum absolute atomic E-state index is 12.5. The maximum Gasteiger partial charge on any atom is 0.335 e. The molecule has 1 aliphatic heterocycles. The molecule has 1 saturated heterocycles. The molecule has 1 aromatic heterocycles. The molecule has 134 valence electrons. The number of carboxylic acid groups (broad SMARTS) is 1. The molecule has 1 fully saturated rings. The van der Waals surface area contributed by atoms with Crippen LogP contribution in [0.3, 0.4) is 0 Å². The first kappa shape index (κ1) is 17.7. The summed E-state index contributed by atoms with van der Waals surface area (Å²) in [5.74, 6) is -1.01. The van der Waals surface area contributed by atoms with Crippen LogP contribution in [-0.4, -0.2) is 42.5 Å². The van der Waals surface area contributed by atoms with Gasteiger partial charge in [-0.15, -0.1) is 0 Å². The number of carboxylic acids is 1. The molecule has 3 rings (SSSR count). The van der Waals surface area contributed by atoms with Gasteiger partial charge in [-0.05, 0) is 31.0 Å². The van der Waals surface area contributed by atoms with Crippen molar-refractivity contribution in [1.29, 1.82) is 0 Å². The number of sulfonamides is 1. The van der Waals surface area contributed by atoms with Crippen LogP contribution in [0.4, 0.5) is 5.82 Å². The van der Waals surface area contributed by atoms with Crippen LogP contribution in [0.2, 0.25) is 5.02 Å². The third-order valence-corrected chi connectivity index (χ3v) is 5.72. The first-order chi connectivity index (χ1) is 11.9. The van der Waals surface area contributed by atoms with E-state index in [1.165, 1.54) is 6.07 Å². The van der Waals surface area contributed by atoms with Gasteiger partial charge in [0.1, 0.15) is 4.90 Å². The number of halogens is 1. The zero-order valence-electron chi connectivity index (χ0n) is 13.1. The highest BCUT2D eigenvalue weighted by atomic mass is 35.5. The predicted molar refractivity (Wildman–Crippen MR) is 90.5 cm³/mol. The molecule has 0 aliphatic carbocycles. The molecule has 0 amide bonds. The lowest BCUT2D eigenvalue weighted by Crippen LogP contribution is -2.20. The summed E-state index contributed by atoms with van der Waals surface area (Å²) in [6, 6.07) is 5.17. The summed E-state index contributed by atoms with van der Waals surface area (Å²) < 4.78 is 34.3. The number of ether oxygens (including phenoxy) is 1. The van der Waals surface area contributed by atoms with E-state index in [1.807, 2.05) is 0 Å². The molecule has 25 heavy (non-hydrogen) atoms. The van der Waals surface area contributed by atoms with Gasteiger partial charge in [0.05, 0.1) is 16.6 Å². The number of hydrogen-bond acceptors (Lipinski definition) is 5. The lowest BCUT2D eigenvalue weighted by Gasteiger charge is -2.22. The number of carbonyl (C=O) groups is 1. The molecule has 0 unspecified atom stereocenters. The van der Waals surface area contributed by atoms with Crippen molar-refractivity contribution in [2.45, 2.75) is 23.8 Å². The van der Waals surface area contributed by atoms with Crippen LogP contribution in [0, 0.1) is 0 Å². The molecule has 1 aliphatic rings. The first-order valence-corrected chi connectivity index (χ1v) is 9.41. The molecule has 2 heterocycles. The minimum Gasteiger partial charge on any atom is -0.478 e. The zero-order chi connectivity index (χ0) is 18.0. The SMILES string of the molecule is O=C(O)c1ccc(S(=O)(=O)Nc2ccn(C3CCOCC3)n2)c(Cl)c1.